The van der Waals surface area contributed by atoms with Crippen LogP contribution in [0.3, 0.4) is 0 Å². The SMILES string of the molecule is CC/C=C\C/C=C\C/C=C\C/C=C\CCC(=O)OC(COC(=O)CCCCCCCCCCC/C=C\C/C=C\CCCCC)COP(=O)(O)OCC(CO)OC(=O)CCCCCCC/C=C\CCCC. The van der Waals surface area contributed by atoms with Crippen LogP contribution in [-0.4, -0.2) is 66.5 Å². The van der Waals surface area contributed by atoms with Gasteiger partial charge in [0.15, 0.2) is 6.10 Å². The number of carbonyl (C=O) groups excluding carboxylic acids is 3. The highest BCUT2D eigenvalue weighted by molar-refractivity contribution is 7.47. The normalized spacial score (nSPS) is 14.1. The molecule has 0 aromatic rings. The van der Waals surface area contributed by atoms with Crippen molar-refractivity contribution in [2.45, 2.75) is 238 Å². The van der Waals surface area contributed by atoms with Gasteiger partial charge in [-0.05, 0) is 96.3 Å². The molecule has 70 heavy (non-hydrogen) atoms. The van der Waals surface area contributed by atoms with E-state index >= 15 is 0 Å². The van der Waals surface area contributed by atoms with Crippen molar-refractivity contribution in [2.24, 2.45) is 0 Å². The third kappa shape index (κ3) is 49.6. The van der Waals surface area contributed by atoms with Crippen LogP contribution in [0.4, 0.5) is 0 Å². The van der Waals surface area contributed by atoms with Crippen molar-refractivity contribution in [3.8, 4) is 0 Å². The molecule has 0 aliphatic rings. The van der Waals surface area contributed by atoms with Crippen molar-refractivity contribution < 1.29 is 52.2 Å². The monoisotopic (exact) mass is 1000 g/mol. The summed E-state index contributed by atoms with van der Waals surface area (Å²) in [5.74, 6) is -1.58. The number of allylic oxidation sites excluding steroid dienone is 14. The first-order valence-electron chi connectivity index (χ1n) is 27.5. The lowest BCUT2D eigenvalue weighted by Gasteiger charge is -2.21. The minimum Gasteiger partial charge on any atom is -0.462 e. The predicted molar refractivity (Wildman–Crippen MR) is 288 cm³/mol. The van der Waals surface area contributed by atoms with Crippen molar-refractivity contribution in [3.05, 3.63) is 85.1 Å². The average Bonchev–Trinajstić information content (AvgIpc) is 3.35. The van der Waals surface area contributed by atoms with Gasteiger partial charge < -0.3 is 24.2 Å². The highest BCUT2D eigenvalue weighted by atomic mass is 31.2. The Morgan fingerprint density at radius 2 is 0.786 bits per heavy atom. The van der Waals surface area contributed by atoms with Crippen LogP contribution in [0.5, 0.6) is 0 Å². The number of carbonyl (C=O) groups is 3. The molecule has 0 rings (SSSR count). The Labute approximate surface area is 426 Å². The molecule has 0 heterocycles. The number of hydrogen-bond donors (Lipinski definition) is 2. The second-order valence-corrected chi connectivity index (χ2v) is 19.5. The smallest absolute Gasteiger partial charge is 0.462 e. The molecule has 0 fully saturated rings. The van der Waals surface area contributed by atoms with Crippen molar-refractivity contribution in [1.29, 1.82) is 0 Å². The quantitative estimate of drug-likeness (QED) is 0.0197. The molecule has 11 nitrogen and oxygen atoms in total. The van der Waals surface area contributed by atoms with Gasteiger partial charge in [0.25, 0.3) is 0 Å². The standard InChI is InChI=1S/C58H99O11P/c1-4-7-10-13-16-19-22-24-25-26-27-28-29-31-33-35-38-41-44-47-56(60)65-51-55(69-58(62)49-46-43-40-37-34-30-23-20-17-14-11-8-5-2)53-67-70(63,64)66-52-54(50-59)68-57(61)48-45-42-39-36-32-21-18-15-12-9-6-3/h8,11,15-20,24-25,30,34,40,43,54-55,59H,4-7,9-10,12-14,21-23,26-29,31-33,35-39,41-42,44-53H2,1-3H3,(H,63,64)/b11-8-,18-15-,19-16-,20-17-,25-24-,34-30-,43-40-. The molecule has 3 unspecified atom stereocenters. The fraction of sp³-hybridized carbons (Fsp3) is 0.707. The third-order valence-corrected chi connectivity index (χ3v) is 12.2. The summed E-state index contributed by atoms with van der Waals surface area (Å²) >= 11 is 0. The van der Waals surface area contributed by atoms with Crippen LogP contribution < -0.4 is 0 Å². The number of phosphoric acid groups is 1. The lowest BCUT2D eigenvalue weighted by atomic mass is 10.1. The predicted octanol–water partition coefficient (Wildman–Crippen LogP) is 15.9. The lowest BCUT2D eigenvalue weighted by Crippen LogP contribution is -2.30. The molecule has 0 amide bonds. The van der Waals surface area contributed by atoms with E-state index in [1.807, 2.05) is 12.2 Å². The molecule has 0 saturated carbocycles. The maximum atomic E-state index is 12.9. The van der Waals surface area contributed by atoms with Gasteiger partial charge in [0.05, 0.1) is 19.8 Å². The molecule has 0 aliphatic carbocycles. The van der Waals surface area contributed by atoms with Gasteiger partial charge in [-0.1, -0.05) is 196 Å². The van der Waals surface area contributed by atoms with Crippen LogP contribution in [0, 0.1) is 0 Å². The molecule has 3 atom stereocenters. The molecule has 2 N–H and O–H groups in total. The van der Waals surface area contributed by atoms with E-state index in [-0.39, 0.29) is 25.9 Å². The number of ether oxygens (including phenoxy) is 3. The minimum atomic E-state index is -4.77. The van der Waals surface area contributed by atoms with E-state index in [1.165, 1.54) is 70.6 Å². The fourth-order valence-corrected chi connectivity index (χ4v) is 7.87. The average molecular weight is 1000 g/mol. The Balaban J connectivity index is 4.78. The number of hydrogen-bond acceptors (Lipinski definition) is 10. The molecule has 12 heteroatoms. The first kappa shape index (κ1) is 66.7. The van der Waals surface area contributed by atoms with Crippen molar-refractivity contribution in [1.82, 2.24) is 0 Å². The number of phosphoric ester groups is 1. The Kier molecular flexibility index (Phi) is 49.5. The second kappa shape index (κ2) is 52.0. The second-order valence-electron chi connectivity index (χ2n) is 18.0. The first-order chi connectivity index (χ1) is 34.2. The van der Waals surface area contributed by atoms with Gasteiger partial charge in [-0.15, -0.1) is 0 Å². The first-order valence-corrected chi connectivity index (χ1v) is 29.0. The van der Waals surface area contributed by atoms with Crippen LogP contribution in [0.15, 0.2) is 85.1 Å². The van der Waals surface area contributed by atoms with Gasteiger partial charge in [0.2, 0.25) is 0 Å². The molecule has 402 valence electrons. The largest absolute Gasteiger partial charge is 0.472 e. The summed E-state index contributed by atoms with van der Waals surface area (Å²) in [5, 5.41) is 9.77. The summed E-state index contributed by atoms with van der Waals surface area (Å²) in [4.78, 5) is 48.3. The van der Waals surface area contributed by atoms with E-state index < -0.39 is 57.8 Å². The Morgan fingerprint density at radius 1 is 0.414 bits per heavy atom. The van der Waals surface area contributed by atoms with Gasteiger partial charge >= 0.3 is 25.7 Å². The van der Waals surface area contributed by atoms with Gasteiger partial charge in [0, 0.05) is 19.3 Å². The van der Waals surface area contributed by atoms with E-state index in [9.17, 15) is 28.9 Å². The van der Waals surface area contributed by atoms with Gasteiger partial charge in [0.1, 0.15) is 12.7 Å². The van der Waals surface area contributed by atoms with E-state index in [1.54, 1.807) is 0 Å². The molecule has 0 saturated heterocycles. The molecule has 0 bridgehead atoms. The number of unbranched alkanes of at least 4 members (excludes halogenated alkanes) is 19. The summed E-state index contributed by atoms with van der Waals surface area (Å²) in [6.45, 7) is 4.35. The highest BCUT2D eigenvalue weighted by Gasteiger charge is 2.28. The van der Waals surface area contributed by atoms with Crippen LogP contribution in [0.1, 0.15) is 226 Å². The van der Waals surface area contributed by atoms with Crippen molar-refractivity contribution in [3.63, 3.8) is 0 Å². The van der Waals surface area contributed by atoms with Gasteiger partial charge in [-0.25, -0.2) is 4.57 Å². The zero-order valence-corrected chi connectivity index (χ0v) is 45.1. The Bertz CT molecular complexity index is 1500. The number of rotatable bonds is 50. The summed E-state index contributed by atoms with van der Waals surface area (Å²) in [6.07, 6.45) is 58.6. The number of aliphatic hydroxyl groups is 1. The zero-order chi connectivity index (χ0) is 51.3. The van der Waals surface area contributed by atoms with Crippen LogP contribution in [0.25, 0.3) is 0 Å². The van der Waals surface area contributed by atoms with Gasteiger partial charge in [-0.2, -0.15) is 0 Å². The highest BCUT2D eigenvalue weighted by Crippen LogP contribution is 2.43. The van der Waals surface area contributed by atoms with Crippen LogP contribution >= 0.6 is 7.82 Å². The van der Waals surface area contributed by atoms with Crippen LogP contribution in [0.2, 0.25) is 0 Å². The lowest BCUT2D eigenvalue weighted by molar-refractivity contribution is -0.161. The van der Waals surface area contributed by atoms with E-state index in [0.29, 0.717) is 19.3 Å². The molecule has 0 aromatic heterocycles. The van der Waals surface area contributed by atoms with E-state index in [4.69, 9.17) is 23.3 Å². The molecule has 0 aromatic carbocycles. The maximum absolute atomic E-state index is 12.9. The maximum Gasteiger partial charge on any atom is 0.472 e. The van der Waals surface area contributed by atoms with E-state index in [2.05, 4.69) is 93.7 Å². The molecular weight excluding hydrogens is 904 g/mol. The minimum absolute atomic E-state index is 0.0427. The van der Waals surface area contributed by atoms with Crippen LogP contribution in [-0.2, 0) is 42.2 Å². The number of esters is 3. The number of aliphatic hydroxyl groups excluding tert-OH is 1. The molecule has 0 aliphatic heterocycles. The third-order valence-electron chi connectivity index (χ3n) is 11.3. The van der Waals surface area contributed by atoms with E-state index in [0.717, 1.165) is 96.3 Å². The molecule has 0 spiro atoms. The summed E-state index contributed by atoms with van der Waals surface area (Å²) < 4.78 is 39.3. The van der Waals surface area contributed by atoms with Gasteiger partial charge in [-0.3, -0.25) is 23.4 Å². The van der Waals surface area contributed by atoms with Crippen molar-refractivity contribution in [2.75, 3.05) is 26.4 Å². The summed E-state index contributed by atoms with van der Waals surface area (Å²) in [5.41, 5.74) is 0. The fourth-order valence-electron chi connectivity index (χ4n) is 7.09. The Morgan fingerprint density at radius 3 is 1.29 bits per heavy atom. The van der Waals surface area contributed by atoms with Crippen molar-refractivity contribution >= 4 is 25.7 Å². The molecular formula is C58H99O11P. The summed E-state index contributed by atoms with van der Waals surface area (Å²) in [7, 11) is -4.77. The topological polar surface area (TPSA) is 155 Å². The molecule has 0 radical (unpaired) electrons. The zero-order valence-electron chi connectivity index (χ0n) is 44.2. The summed E-state index contributed by atoms with van der Waals surface area (Å²) in [6, 6.07) is 0. The Hall–Kier alpha value is -3.34.